The van der Waals surface area contributed by atoms with Gasteiger partial charge in [-0.15, -0.1) is 0 Å². The van der Waals surface area contributed by atoms with Gasteiger partial charge in [-0.3, -0.25) is 9.59 Å². The molecule has 21 heavy (non-hydrogen) atoms. The molecule has 1 heterocycles. The third kappa shape index (κ3) is 4.45. The van der Waals surface area contributed by atoms with Crippen LogP contribution in [0.25, 0.3) is 0 Å². The summed E-state index contributed by atoms with van der Waals surface area (Å²) in [6, 6.07) is -0.0125. The molecule has 1 saturated heterocycles. The fourth-order valence-electron chi connectivity index (χ4n) is 3.01. The van der Waals surface area contributed by atoms with Crippen LogP contribution in [0.3, 0.4) is 0 Å². The van der Waals surface area contributed by atoms with E-state index >= 15 is 0 Å². The summed E-state index contributed by atoms with van der Waals surface area (Å²) in [5, 5.41) is 2.92. The molecule has 1 aliphatic rings. The van der Waals surface area contributed by atoms with Crippen molar-refractivity contribution < 1.29 is 9.59 Å². The summed E-state index contributed by atoms with van der Waals surface area (Å²) in [6.07, 6.45) is 5.68. The first-order valence-electron chi connectivity index (χ1n) is 8.50. The summed E-state index contributed by atoms with van der Waals surface area (Å²) in [4.78, 5) is 26.8. The second-order valence-electron chi connectivity index (χ2n) is 6.66. The number of rotatable bonds is 7. The van der Waals surface area contributed by atoms with Gasteiger partial charge in [-0.25, -0.2) is 0 Å². The molecule has 1 rings (SSSR count). The van der Waals surface area contributed by atoms with Crippen LogP contribution in [0.1, 0.15) is 73.1 Å². The lowest BCUT2D eigenvalue weighted by atomic mass is 9.94. The number of hydrogen-bond acceptors (Lipinski definition) is 2. The fraction of sp³-hybridized carbons (Fsp3) is 0.882. The molecule has 0 bridgehead atoms. The largest absolute Gasteiger partial charge is 0.342 e. The highest BCUT2D eigenvalue weighted by Crippen LogP contribution is 2.24. The Labute approximate surface area is 129 Å². The van der Waals surface area contributed by atoms with Crippen LogP contribution in [0.15, 0.2) is 0 Å². The van der Waals surface area contributed by atoms with Gasteiger partial charge in [-0.05, 0) is 32.6 Å². The van der Waals surface area contributed by atoms with Gasteiger partial charge in [0.1, 0.15) is 5.54 Å². The van der Waals surface area contributed by atoms with Gasteiger partial charge in [0.2, 0.25) is 11.8 Å². The Balaban J connectivity index is 2.90. The first-order valence-corrected chi connectivity index (χ1v) is 8.50. The second kappa shape index (κ2) is 7.81. The van der Waals surface area contributed by atoms with E-state index in [1.807, 2.05) is 25.7 Å². The number of nitrogens with zero attached hydrogens (tertiary/aromatic N) is 1. The van der Waals surface area contributed by atoms with E-state index in [2.05, 4.69) is 19.2 Å². The third-order valence-electron chi connectivity index (χ3n) is 4.87. The van der Waals surface area contributed by atoms with E-state index in [0.29, 0.717) is 18.8 Å². The number of carbonyl (C=O) groups is 2. The van der Waals surface area contributed by atoms with Crippen LogP contribution in [-0.4, -0.2) is 34.8 Å². The van der Waals surface area contributed by atoms with Crippen molar-refractivity contribution in [2.45, 2.75) is 84.7 Å². The molecule has 1 aliphatic heterocycles. The monoisotopic (exact) mass is 296 g/mol. The summed E-state index contributed by atoms with van der Waals surface area (Å²) < 4.78 is 0. The van der Waals surface area contributed by atoms with E-state index < -0.39 is 5.54 Å². The molecule has 0 aromatic rings. The maximum Gasteiger partial charge on any atom is 0.248 e. The Bertz CT molecular complexity index is 370. The first kappa shape index (κ1) is 18.0. The predicted octanol–water partition coefficient (Wildman–Crippen LogP) is 3.11. The lowest BCUT2D eigenvalue weighted by Crippen LogP contribution is -2.56. The van der Waals surface area contributed by atoms with Crippen LogP contribution in [0.5, 0.6) is 0 Å². The van der Waals surface area contributed by atoms with Gasteiger partial charge in [0.05, 0.1) is 0 Å². The molecule has 3 unspecified atom stereocenters. The quantitative estimate of drug-likeness (QED) is 0.785. The maximum absolute atomic E-state index is 12.9. The molecule has 0 saturated carbocycles. The molecule has 0 radical (unpaired) electrons. The van der Waals surface area contributed by atoms with E-state index in [9.17, 15) is 9.59 Å². The minimum Gasteiger partial charge on any atom is -0.342 e. The van der Waals surface area contributed by atoms with E-state index in [0.717, 1.165) is 19.4 Å². The smallest absolute Gasteiger partial charge is 0.248 e. The molecule has 0 aromatic heterocycles. The van der Waals surface area contributed by atoms with Crippen molar-refractivity contribution in [3.63, 3.8) is 0 Å². The highest BCUT2D eigenvalue weighted by Gasteiger charge is 2.42. The highest BCUT2D eigenvalue weighted by atomic mass is 16.2. The van der Waals surface area contributed by atoms with Crippen molar-refractivity contribution in [2.24, 2.45) is 5.92 Å². The molecular weight excluding hydrogens is 264 g/mol. The Kier molecular flexibility index (Phi) is 6.69. The van der Waals surface area contributed by atoms with Gasteiger partial charge in [-0.1, -0.05) is 40.0 Å². The van der Waals surface area contributed by atoms with E-state index in [1.54, 1.807) is 0 Å². The Morgan fingerprint density at radius 1 is 1.33 bits per heavy atom. The molecule has 1 N–H and O–H groups in total. The number of hydrogen-bond donors (Lipinski definition) is 1. The molecule has 122 valence electrons. The lowest BCUT2D eigenvalue weighted by molar-refractivity contribution is -0.140. The fourth-order valence-corrected chi connectivity index (χ4v) is 3.01. The maximum atomic E-state index is 12.9. The molecule has 0 aromatic carbocycles. The van der Waals surface area contributed by atoms with Gasteiger partial charge in [0.15, 0.2) is 0 Å². The van der Waals surface area contributed by atoms with Crippen LogP contribution in [-0.2, 0) is 9.59 Å². The van der Waals surface area contributed by atoms with Crippen LogP contribution >= 0.6 is 0 Å². The SMILES string of the molecule is CCCCC(CC)CN1C(=O)C(C)(CC)NC(=O)CC1C. The molecule has 1 fully saturated rings. The van der Waals surface area contributed by atoms with Crippen LogP contribution in [0.4, 0.5) is 0 Å². The molecule has 3 atom stereocenters. The minimum absolute atomic E-state index is 0.00990. The summed E-state index contributed by atoms with van der Waals surface area (Å²) >= 11 is 0. The standard InChI is InChI=1S/C17H32N2O2/c1-6-9-10-14(7-2)12-19-13(4)11-15(20)18-17(5,8-3)16(19)21/h13-14H,6-12H2,1-5H3,(H,18,20). The van der Waals surface area contributed by atoms with Crippen molar-refractivity contribution in [1.29, 1.82) is 0 Å². The van der Waals surface area contributed by atoms with E-state index in [-0.39, 0.29) is 17.9 Å². The van der Waals surface area contributed by atoms with Crippen molar-refractivity contribution in [3.8, 4) is 0 Å². The highest BCUT2D eigenvalue weighted by molar-refractivity contribution is 5.93. The summed E-state index contributed by atoms with van der Waals surface area (Å²) in [6.45, 7) is 11.0. The predicted molar refractivity (Wildman–Crippen MR) is 85.9 cm³/mol. The minimum atomic E-state index is -0.745. The molecular formula is C17H32N2O2. The lowest BCUT2D eigenvalue weighted by Gasteiger charge is -2.35. The number of unbranched alkanes of at least 4 members (excludes halogenated alkanes) is 1. The zero-order chi connectivity index (χ0) is 16.0. The normalized spacial score (nSPS) is 28.2. The molecule has 0 spiro atoms. The molecule has 4 heteroatoms. The van der Waals surface area contributed by atoms with Gasteiger partial charge < -0.3 is 10.2 Å². The summed E-state index contributed by atoms with van der Waals surface area (Å²) in [5.41, 5.74) is -0.745. The van der Waals surface area contributed by atoms with Crippen LogP contribution in [0.2, 0.25) is 0 Å². The van der Waals surface area contributed by atoms with Crippen LogP contribution < -0.4 is 5.32 Å². The van der Waals surface area contributed by atoms with Gasteiger partial charge in [-0.2, -0.15) is 0 Å². The van der Waals surface area contributed by atoms with Crippen molar-refractivity contribution in [2.75, 3.05) is 6.54 Å². The van der Waals surface area contributed by atoms with Gasteiger partial charge in [0.25, 0.3) is 0 Å². The van der Waals surface area contributed by atoms with E-state index in [1.165, 1.54) is 12.8 Å². The van der Waals surface area contributed by atoms with Crippen molar-refractivity contribution >= 4 is 11.8 Å². The second-order valence-corrected chi connectivity index (χ2v) is 6.66. The van der Waals surface area contributed by atoms with Crippen molar-refractivity contribution in [3.05, 3.63) is 0 Å². The third-order valence-corrected chi connectivity index (χ3v) is 4.87. The first-order chi connectivity index (χ1) is 9.87. The van der Waals surface area contributed by atoms with Crippen molar-refractivity contribution in [1.82, 2.24) is 10.2 Å². The number of carbonyl (C=O) groups excluding carboxylic acids is 2. The molecule has 4 nitrogen and oxygen atoms in total. The van der Waals surface area contributed by atoms with E-state index in [4.69, 9.17) is 0 Å². The average molecular weight is 296 g/mol. The number of nitrogens with one attached hydrogen (secondary N) is 1. The Morgan fingerprint density at radius 3 is 2.52 bits per heavy atom. The summed E-state index contributed by atoms with van der Waals surface area (Å²) in [5.74, 6) is 0.605. The van der Waals surface area contributed by atoms with Crippen LogP contribution in [0, 0.1) is 5.92 Å². The zero-order valence-corrected chi connectivity index (χ0v) is 14.4. The topological polar surface area (TPSA) is 49.4 Å². The Morgan fingerprint density at radius 2 is 2.00 bits per heavy atom. The Hall–Kier alpha value is -1.06. The number of amides is 2. The summed E-state index contributed by atoms with van der Waals surface area (Å²) in [7, 11) is 0. The average Bonchev–Trinajstić information content (AvgIpc) is 2.53. The zero-order valence-electron chi connectivity index (χ0n) is 14.4. The molecule has 0 aliphatic carbocycles. The van der Waals surface area contributed by atoms with Gasteiger partial charge >= 0.3 is 0 Å². The van der Waals surface area contributed by atoms with Gasteiger partial charge in [0, 0.05) is 19.0 Å². The molecule has 2 amide bonds.